The van der Waals surface area contributed by atoms with E-state index in [1.165, 1.54) is 6.08 Å². The van der Waals surface area contributed by atoms with Crippen LogP contribution < -0.4 is 10.1 Å². The number of halogens is 3. The van der Waals surface area contributed by atoms with Gasteiger partial charge in [-0.25, -0.2) is 13.6 Å². The van der Waals surface area contributed by atoms with Gasteiger partial charge in [-0.05, 0) is 64.0 Å². The topological polar surface area (TPSA) is 75.6 Å². The van der Waals surface area contributed by atoms with Crippen LogP contribution in [0.5, 0.6) is 11.5 Å². The highest BCUT2D eigenvalue weighted by molar-refractivity contribution is 9.10. The van der Waals surface area contributed by atoms with Gasteiger partial charge < -0.3 is 15.2 Å². The number of nitrogens with one attached hydrogen (secondary N) is 1. The van der Waals surface area contributed by atoms with Crippen LogP contribution in [0.15, 0.2) is 76.9 Å². The van der Waals surface area contributed by atoms with Crippen molar-refractivity contribution in [1.29, 1.82) is 0 Å². The Kier molecular flexibility index (Phi) is 6.58. The zero-order valence-electron chi connectivity index (χ0n) is 15.2. The van der Waals surface area contributed by atoms with Crippen LogP contribution in [0, 0.1) is 11.6 Å². The molecule has 2 N–H and O–H groups in total. The number of amides is 1. The monoisotopic (exact) mass is 473 g/mol. The Labute approximate surface area is 178 Å². The highest BCUT2D eigenvalue weighted by atomic mass is 79.9. The molecule has 0 bridgehead atoms. The lowest BCUT2D eigenvalue weighted by atomic mass is 10.1. The molecule has 0 saturated carbocycles. The van der Waals surface area contributed by atoms with E-state index in [2.05, 4.69) is 21.2 Å². The van der Waals surface area contributed by atoms with Gasteiger partial charge in [-0.2, -0.15) is 0 Å². The largest absolute Gasteiger partial charge is 0.477 e. The first kappa shape index (κ1) is 21.2. The molecule has 3 aromatic carbocycles. The lowest BCUT2D eigenvalue weighted by molar-refractivity contribution is -0.132. The van der Waals surface area contributed by atoms with Crippen LogP contribution >= 0.6 is 15.9 Å². The van der Waals surface area contributed by atoms with Crippen LogP contribution in [-0.2, 0) is 4.79 Å². The molecule has 3 aromatic rings. The molecule has 0 aliphatic carbocycles. The van der Waals surface area contributed by atoms with Crippen LogP contribution in [0.3, 0.4) is 0 Å². The minimum Gasteiger partial charge on any atom is -0.477 e. The highest BCUT2D eigenvalue weighted by Crippen LogP contribution is 2.29. The Balaban J connectivity index is 1.77. The molecular weight excluding hydrogens is 460 g/mol. The van der Waals surface area contributed by atoms with E-state index < -0.39 is 34.8 Å². The average Bonchev–Trinajstić information content (AvgIpc) is 2.70. The molecule has 0 heterocycles. The van der Waals surface area contributed by atoms with Crippen molar-refractivity contribution in [3.63, 3.8) is 0 Å². The molecule has 152 valence electrons. The number of para-hydroxylation sites is 1. The normalized spacial score (nSPS) is 11.1. The number of carboxylic acids is 1. The summed E-state index contributed by atoms with van der Waals surface area (Å²) in [4.78, 5) is 23.7. The van der Waals surface area contributed by atoms with Gasteiger partial charge in [0.2, 0.25) is 0 Å². The predicted molar refractivity (Wildman–Crippen MR) is 110 cm³/mol. The number of aliphatic carboxylic acids is 1. The molecule has 8 heteroatoms. The van der Waals surface area contributed by atoms with Crippen LogP contribution in [0.1, 0.15) is 15.9 Å². The quantitative estimate of drug-likeness (QED) is 0.471. The van der Waals surface area contributed by atoms with Gasteiger partial charge in [-0.1, -0.05) is 24.3 Å². The third-order valence-electron chi connectivity index (χ3n) is 3.91. The van der Waals surface area contributed by atoms with Gasteiger partial charge in [0.15, 0.2) is 0 Å². The second-order valence-corrected chi connectivity index (χ2v) is 6.90. The zero-order chi connectivity index (χ0) is 21.7. The summed E-state index contributed by atoms with van der Waals surface area (Å²) in [5.41, 5.74) is -0.476. The van der Waals surface area contributed by atoms with Crippen LogP contribution in [0.2, 0.25) is 0 Å². The van der Waals surface area contributed by atoms with E-state index in [9.17, 15) is 23.5 Å². The number of hydrogen-bond acceptors (Lipinski definition) is 3. The number of carboxylic acid groups (broad SMARTS) is 1. The standard InChI is InChI=1S/C22H14BrF2NO4/c23-17-3-1-2-4-20(17)30-15-8-5-13(6-9-15)11-19(22(28)29)26-21(27)16-10-7-14(24)12-18(16)25/h1-12H,(H,26,27)(H,28,29)/b19-11+. The molecule has 3 rings (SSSR count). The Hall–Kier alpha value is -3.52. The molecular formula is C22H14BrF2NO4. The smallest absolute Gasteiger partial charge is 0.352 e. The molecule has 0 aromatic heterocycles. The van der Waals surface area contributed by atoms with E-state index in [1.807, 2.05) is 18.2 Å². The summed E-state index contributed by atoms with van der Waals surface area (Å²) in [5.74, 6) is -3.22. The van der Waals surface area contributed by atoms with Gasteiger partial charge in [0, 0.05) is 6.07 Å². The van der Waals surface area contributed by atoms with E-state index in [0.717, 1.165) is 16.6 Å². The molecule has 0 radical (unpaired) electrons. The lowest BCUT2D eigenvalue weighted by Gasteiger charge is -2.09. The fourth-order valence-corrected chi connectivity index (χ4v) is 2.83. The van der Waals surface area contributed by atoms with Crippen molar-refractivity contribution in [3.05, 3.63) is 99.7 Å². The summed E-state index contributed by atoms with van der Waals surface area (Å²) in [5, 5.41) is 11.5. The number of rotatable bonds is 6. The van der Waals surface area contributed by atoms with E-state index in [-0.39, 0.29) is 0 Å². The van der Waals surface area contributed by atoms with Crippen LogP contribution in [0.4, 0.5) is 8.78 Å². The fourth-order valence-electron chi connectivity index (χ4n) is 2.47. The summed E-state index contributed by atoms with van der Waals surface area (Å²) in [6, 6.07) is 16.1. The molecule has 0 atom stereocenters. The predicted octanol–water partition coefficient (Wildman–Crippen LogP) is 5.38. The van der Waals surface area contributed by atoms with Gasteiger partial charge in [0.25, 0.3) is 5.91 Å². The van der Waals surface area contributed by atoms with E-state index in [1.54, 1.807) is 30.3 Å². The fraction of sp³-hybridized carbons (Fsp3) is 0. The van der Waals surface area contributed by atoms with Gasteiger partial charge >= 0.3 is 5.97 Å². The maximum atomic E-state index is 13.7. The Morgan fingerprint density at radius 2 is 1.70 bits per heavy atom. The number of hydrogen-bond donors (Lipinski definition) is 2. The molecule has 0 fully saturated rings. The van der Waals surface area contributed by atoms with Crippen molar-refractivity contribution in [2.45, 2.75) is 0 Å². The molecule has 0 saturated heterocycles. The van der Waals surface area contributed by atoms with Crippen molar-refractivity contribution < 1.29 is 28.2 Å². The first-order valence-corrected chi connectivity index (χ1v) is 9.36. The summed E-state index contributed by atoms with van der Waals surface area (Å²) in [7, 11) is 0. The van der Waals surface area contributed by atoms with Crippen molar-refractivity contribution in [3.8, 4) is 11.5 Å². The van der Waals surface area contributed by atoms with Crippen molar-refractivity contribution in [2.24, 2.45) is 0 Å². The Bertz CT molecular complexity index is 1130. The van der Waals surface area contributed by atoms with Crippen LogP contribution in [0.25, 0.3) is 6.08 Å². The molecule has 5 nitrogen and oxygen atoms in total. The first-order valence-electron chi connectivity index (χ1n) is 8.57. The van der Waals surface area contributed by atoms with Crippen molar-refractivity contribution in [2.75, 3.05) is 0 Å². The average molecular weight is 474 g/mol. The third-order valence-corrected chi connectivity index (χ3v) is 4.57. The zero-order valence-corrected chi connectivity index (χ0v) is 16.8. The minimum absolute atomic E-state index is 0.465. The molecule has 1 amide bonds. The summed E-state index contributed by atoms with van der Waals surface area (Å²) in [6.07, 6.45) is 1.21. The van der Waals surface area contributed by atoms with Gasteiger partial charge in [-0.3, -0.25) is 4.79 Å². The summed E-state index contributed by atoms with van der Waals surface area (Å²) in [6.45, 7) is 0. The highest BCUT2D eigenvalue weighted by Gasteiger charge is 2.17. The van der Waals surface area contributed by atoms with Crippen molar-refractivity contribution >= 4 is 33.9 Å². The number of benzene rings is 3. The second-order valence-electron chi connectivity index (χ2n) is 6.04. The van der Waals surface area contributed by atoms with Crippen LogP contribution in [-0.4, -0.2) is 17.0 Å². The third kappa shape index (κ3) is 5.30. The van der Waals surface area contributed by atoms with E-state index in [0.29, 0.717) is 23.1 Å². The first-order chi connectivity index (χ1) is 14.3. The molecule has 0 unspecified atom stereocenters. The number of carbonyl (C=O) groups excluding carboxylic acids is 1. The SMILES string of the molecule is O=C(O)/C(=C\c1ccc(Oc2ccccc2Br)cc1)NC(=O)c1ccc(F)cc1F. The van der Waals surface area contributed by atoms with Gasteiger partial charge in [0.05, 0.1) is 10.0 Å². The molecule has 0 aliphatic heterocycles. The maximum absolute atomic E-state index is 13.7. The van der Waals surface area contributed by atoms with E-state index in [4.69, 9.17) is 4.74 Å². The molecule has 0 spiro atoms. The Morgan fingerprint density at radius 3 is 2.33 bits per heavy atom. The number of ether oxygens (including phenoxy) is 1. The summed E-state index contributed by atoms with van der Waals surface area (Å²) < 4.78 is 33.2. The van der Waals surface area contributed by atoms with Gasteiger partial charge in [0.1, 0.15) is 28.8 Å². The maximum Gasteiger partial charge on any atom is 0.352 e. The second kappa shape index (κ2) is 9.32. The Morgan fingerprint density at radius 1 is 1.00 bits per heavy atom. The summed E-state index contributed by atoms with van der Waals surface area (Å²) >= 11 is 3.38. The van der Waals surface area contributed by atoms with Gasteiger partial charge in [-0.15, -0.1) is 0 Å². The minimum atomic E-state index is -1.42. The molecule has 0 aliphatic rings. The molecule has 30 heavy (non-hydrogen) atoms. The van der Waals surface area contributed by atoms with Crippen molar-refractivity contribution in [1.82, 2.24) is 5.32 Å². The van der Waals surface area contributed by atoms with E-state index >= 15 is 0 Å². The lowest BCUT2D eigenvalue weighted by Crippen LogP contribution is -2.28. The number of carbonyl (C=O) groups is 2.